The molecule has 0 atom stereocenters. The van der Waals surface area contributed by atoms with Crippen LogP contribution in [0.15, 0.2) is 52.9 Å². The zero-order valence-corrected chi connectivity index (χ0v) is 11.3. The average Bonchev–Trinajstić information content (AvgIpc) is 2.40. The molecule has 0 aliphatic heterocycles. The van der Waals surface area contributed by atoms with Crippen molar-refractivity contribution in [2.45, 2.75) is 0 Å². The zero-order valence-electron chi connectivity index (χ0n) is 9.78. The molecule has 94 valence electrons. The molecule has 2 nitrogen and oxygen atoms in total. The van der Waals surface area contributed by atoms with Crippen LogP contribution in [-0.4, -0.2) is 0 Å². The Morgan fingerprint density at radius 1 is 0.842 bits per heavy atom. The Morgan fingerprint density at radius 3 is 2.26 bits per heavy atom. The lowest BCUT2D eigenvalue weighted by atomic mass is 10.1. The summed E-state index contributed by atoms with van der Waals surface area (Å²) in [6.45, 7) is 0. The Labute approximate surface area is 119 Å². The largest absolute Gasteiger partial charge is 0.438 e. The monoisotopic (exact) mass is 289 g/mol. The highest BCUT2D eigenvalue weighted by molar-refractivity contribution is 6.31. The predicted molar refractivity (Wildman–Crippen MR) is 77.5 cm³/mol. The lowest BCUT2D eigenvalue weighted by Gasteiger charge is -2.04. The number of fused-ring (bicyclic) bond motifs is 1. The molecular formula is C15H9Cl2NO. The van der Waals surface area contributed by atoms with Crippen molar-refractivity contribution in [2.24, 2.45) is 0 Å². The summed E-state index contributed by atoms with van der Waals surface area (Å²) in [5.74, 6) is 0. The smallest absolute Gasteiger partial charge is 0.219 e. The Morgan fingerprint density at radius 2 is 1.53 bits per heavy atom. The standard InChI is InChI=1S/C15H9Cl2NO/c16-11-3-1-9(2-4-11)13-8-10-7-12(17)5-6-14(10)19-15(13)18/h1-8,18H. The van der Waals surface area contributed by atoms with E-state index in [1.807, 2.05) is 24.3 Å². The van der Waals surface area contributed by atoms with Gasteiger partial charge in [0.1, 0.15) is 5.58 Å². The van der Waals surface area contributed by atoms with Crippen molar-refractivity contribution >= 4 is 34.2 Å². The first-order valence-corrected chi connectivity index (χ1v) is 6.43. The highest BCUT2D eigenvalue weighted by Gasteiger charge is 2.06. The lowest BCUT2D eigenvalue weighted by Crippen LogP contribution is -2.02. The van der Waals surface area contributed by atoms with Gasteiger partial charge in [-0.3, -0.25) is 5.41 Å². The summed E-state index contributed by atoms with van der Waals surface area (Å²) in [7, 11) is 0. The highest BCUT2D eigenvalue weighted by atomic mass is 35.5. The first-order chi connectivity index (χ1) is 9.13. The van der Waals surface area contributed by atoms with Crippen LogP contribution in [-0.2, 0) is 0 Å². The molecule has 3 aromatic rings. The minimum atomic E-state index is 0.122. The number of hydrogen-bond donors (Lipinski definition) is 1. The van der Waals surface area contributed by atoms with Crippen LogP contribution in [0.4, 0.5) is 0 Å². The summed E-state index contributed by atoms with van der Waals surface area (Å²) in [6, 6.07) is 14.5. The normalized spacial score (nSPS) is 10.8. The van der Waals surface area contributed by atoms with Gasteiger partial charge in [0.2, 0.25) is 5.55 Å². The Kier molecular flexibility index (Phi) is 3.05. The first kappa shape index (κ1) is 12.3. The Hall–Kier alpha value is -1.77. The lowest BCUT2D eigenvalue weighted by molar-refractivity contribution is 0.536. The number of nitrogens with one attached hydrogen (secondary N) is 1. The maximum absolute atomic E-state index is 7.97. The molecule has 0 radical (unpaired) electrons. The maximum atomic E-state index is 7.97. The average molecular weight is 290 g/mol. The van der Waals surface area contributed by atoms with Crippen LogP contribution in [0.2, 0.25) is 10.0 Å². The third kappa shape index (κ3) is 2.37. The summed E-state index contributed by atoms with van der Waals surface area (Å²) >= 11 is 11.8. The molecule has 1 aromatic heterocycles. The second-order valence-corrected chi connectivity index (χ2v) is 5.05. The molecule has 0 bridgehead atoms. The Bertz CT molecular complexity index is 806. The van der Waals surface area contributed by atoms with Crippen LogP contribution in [0.5, 0.6) is 0 Å². The van der Waals surface area contributed by atoms with Crippen LogP contribution >= 0.6 is 23.2 Å². The fourth-order valence-electron chi connectivity index (χ4n) is 1.95. The van der Waals surface area contributed by atoms with Gasteiger partial charge in [-0.05, 0) is 42.0 Å². The SMILES string of the molecule is N=c1oc2ccc(Cl)cc2cc1-c1ccc(Cl)cc1. The van der Waals surface area contributed by atoms with E-state index < -0.39 is 0 Å². The molecular weight excluding hydrogens is 281 g/mol. The van der Waals surface area contributed by atoms with Crippen molar-refractivity contribution in [3.63, 3.8) is 0 Å². The Balaban J connectivity index is 2.26. The summed E-state index contributed by atoms with van der Waals surface area (Å²) in [6.07, 6.45) is 0. The van der Waals surface area contributed by atoms with E-state index in [2.05, 4.69) is 0 Å². The van der Waals surface area contributed by atoms with Gasteiger partial charge in [-0.15, -0.1) is 0 Å². The van der Waals surface area contributed by atoms with E-state index in [0.29, 0.717) is 21.2 Å². The molecule has 0 fully saturated rings. The molecule has 0 spiro atoms. The molecule has 0 saturated carbocycles. The van der Waals surface area contributed by atoms with Gasteiger partial charge in [0.05, 0.1) is 0 Å². The summed E-state index contributed by atoms with van der Waals surface area (Å²) < 4.78 is 5.51. The van der Waals surface area contributed by atoms with Gasteiger partial charge in [-0.1, -0.05) is 35.3 Å². The van der Waals surface area contributed by atoms with E-state index >= 15 is 0 Å². The molecule has 1 heterocycles. The molecule has 0 aliphatic rings. The van der Waals surface area contributed by atoms with Gasteiger partial charge in [-0.25, -0.2) is 0 Å². The minimum absolute atomic E-state index is 0.122. The van der Waals surface area contributed by atoms with Crippen molar-refractivity contribution in [1.82, 2.24) is 0 Å². The second-order valence-electron chi connectivity index (χ2n) is 4.18. The van der Waals surface area contributed by atoms with Gasteiger partial charge in [-0.2, -0.15) is 0 Å². The number of halogens is 2. The van der Waals surface area contributed by atoms with Crippen molar-refractivity contribution in [3.05, 3.63) is 64.1 Å². The van der Waals surface area contributed by atoms with Crippen molar-refractivity contribution in [3.8, 4) is 11.1 Å². The van der Waals surface area contributed by atoms with Gasteiger partial charge >= 0.3 is 0 Å². The van der Waals surface area contributed by atoms with Crippen molar-refractivity contribution in [1.29, 1.82) is 5.41 Å². The molecule has 0 saturated heterocycles. The first-order valence-electron chi connectivity index (χ1n) is 5.67. The molecule has 1 N–H and O–H groups in total. The van der Waals surface area contributed by atoms with E-state index in [4.69, 9.17) is 33.0 Å². The van der Waals surface area contributed by atoms with Gasteiger partial charge in [0.25, 0.3) is 0 Å². The predicted octanol–water partition coefficient (Wildman–Crippen LogP) is 4.89. The van der Waals surface area contributed by atoms with E-state index in [1.54, 1.807) is 24.3 Å². The topological polar surface area (TPSA) is 37.0 Å². The van der Waals surface area contributed by atoms with E-state index in [1.165, 1.54) is 0 Å². The van der Waals surface area contributed by atoms with Gasteiger partial charge in [0, 0.05) is 21.0 Å². The number of hydrogen-bond acceptors (Lipinski definition) is 2. The molecule has 19 heavy (non-hydrogen) atoms. The third-order valence-corrected chi connectivity index (χ3v) is 3.37. The van der Waals surface area contributed by atoms with Crippen LogP contribution < -0.4 is 5.55 Å². The van der Waals surface area contributed by atoms with Gasteiger partial charge in [0.15, 0.2) is 0 Å². The minimum Gasteiger partial charge on any atom is -0.438 e. The molecule has 0 unspecified atom stereocenters. The van der Waals surface area contributed by atoms with Crippen LogP contribution in [0.3, 0.4) is 0 Å². The summed E-state index contributed by atoms with van der Waals surface area (Å²) in [5.41, 5.74) is 2.37. The van der Waals surface area contributed by atoms with Crippen LogP contribution in [0.25, 0.3) is 22.1 Å². The highest BCUT2D eigenvalue weighted by Crippen LogP contribution is 2.24. The van der Waals surface area contributed by atoms with Crippen molar-refractivity contribution in [2.75, 3.05) is 0 Å². The van der Waals surface area contributed by atoms with E-state index in [9.17, 15) is 0 Å². The second kappa shape index (κ2) is 4.72. The summed E-state index contributed by atoms with van der Waals surface area (Å²) in [5, 5.41) is 10.1. The fourth-order valence-corrected chi connectivity index (χ4v) is 2.26. The number of benzene rings is 2. The molecule has 0 amide bonds. The quantitative estimate of drug-likeness (QED) is 0.681. The molecule has 4 heteroatoms. The van der Waals surface area contributed by atoms with Crippen molar-refractivity contribution < 1.29 is 4.42 Å². The van der Waals surface area contributed by atoms with Gasteiger partial charge < -0.3 is 4.42 Å². The van der Waals surface area contributed by atoms with Crippen LogP contribution in [0, 0.1) is 5.41 Å². The van der Waals surface area contributed by atoms with E-state index in [0.717, 1.165) is 10.9 Å². The summed E-state index contributed by atoms with van der Waals surface area (Å²) in [4.78, 5) is 0. The fraction of sp³-hybridized carbons (Fsp3) is 0. The van der Waals surface area contributed by atoms with Crippen LogP contribution in [0.1, 0.15) is 0 Å². The molecule has 0 aliphatic carbocycles. The molecule has 3 rings (SSSR count). The molecule has 2 aromatic carbocycles. The maximum Gasteiger partial charge on any atom is 0.219 e. The zero-order chi connectivity index (χ0) is 13.4. The number of rotatable bonds is 1. The third-order valence-electron chi connectivity index (χ3n) is 2.88. The van der Waals surface area contributed by atoms with E-state index in [-0.39, 0.29) is 5.55 Å².